The number of nitrogens with zero attached hydrogens (tertiary/aromatic N) is 2. The van der Waals surface area contributed by atoms with Gasteiger partial charge in [-0.2, -0.15) is 0 Å². The lowest BCUT2D eigenvalue weighted by Crippen LogP contribution is -1.96. The minimum Gasteiger partial charge on any atom is -0.336 e. The number of fused-ring (bicyclic) bond motifs is 2. The molecule has 0 aromatic carbocycles. The molecule has 3 aromatic rings. The second-order valence-corrected chi connectivity index (χ2v) is 6.93. The summed E-state index contributed by atoms with van der Waals surface area (Å²) in [5, 5.41) is 0. The highest BCUT2D eigenvalue weighted by molar-refractivity contribution is 9.10. The Bertz CT molecular complexity index is 736. The van der Waals surface area contributed by atoms with Crippen molar-refractivity contribution in [3.05, 3.63) is 33.2 Å². The van der Waals surface area contributed by atoms with E-state index in [0.717, 1.165) is 21.5 Å². The Kier molecular flexibility index (Phi) is 2.70. The molecular weight excluding hydrogens is 322 g/mol. The van der Waals surface area contributed by atoms with Crippen LogP contribution in [-0.4, -0.2) is 15.0 Å². The second kappa shape index (κ2) is 4.42. The fourth-order valence-electron chi connectivity index (χ4n) is 2.60. The van der Waals surface area contributed by atoms with Crippen LogP contribution >= 0.6 is 27.3 Å². The summed E-state index contributed by atoms with van der Waals surface area (Å²) in [7, 11) is 0. The van der Waals surface area contributed by atoms with E-state index in [1.54, 1.807) is 6.20 Å². The standard InChI is InChI=1S/C14H12BrN3S/c15-9-6-10-13(16-7-9)18-14(17-10)12-5-8-3-1-2-4-11(8)19-12/h5-7H,1-4H2,(H,16,17,18). The van der Waals surface area contributed by atoms with Gasteiger partial charge in [-0.1, -0.05) is 0 Å². The van der Waals surface area contributed by atoms with Crippen molar-refractivity contribution >= 4 is 38.4 Å². The van der Waals surface area contributed by atoms with Crippen LogP contribution < -0.4 is 0 Å². The van der Waals surface area contributed by atoms with Gasteiger partial charge in [-0.25, -0.2) is 9.97 Å². The number of imidazole rings is 1. The molecule has 96 valence electrons. The SMILES string of the molecule is Brc1cnc2nc(-c3cc4c(s3)CCCC4)[nH]c2c1. The van der Waals surface area contributed by atoms with Crippen molar-refractivity contribution in [3.8, 4) is 10.7 Å². The van der Waals surface area contributed by atoms with Gasteiger partial charge in [0.25, 0.3) is 0 Å². The van der Waals surface area contributed by atoms with Crippen molar-refractivity contribution < 1.29 is 0 Å². The number of thiophene rings is 1. The molecular formula is C14H12BrN3S. The van der Waals surface area contributed by atoms with Crippen LogP contribution in [-0.2, 0) is 12.8 Å². The van der Waals surface area contributed by atoms with Gasteiger partial charge in [0.1, 0.15) is 0 Å². The van der Waals surface area contributed by atoms with E-state index in [9.17, 15) is 0 Å². The van der Waals surface area contributed by atoms with Crippen LogP contribution in [0.1, 0.15) is 23.3 Å². The molecule has 0 atom stereocenters. The Hall–Kier alpha value is -1.20. The van der Waals surface area contributed by atoms with Crippen LogP contribution in [0.2, 0.25) is 0 Å². The number of rotatable bonds is 1. The Balaban J connectivity index is 1.83. The van der Waals surface area contributed by atoms with Crippen molar-refractivity contribution in [3.63, 3.8) is 0 Å². The maximum atomic E-state index is 4.59. The third-order valence-electron chi connectivity index (χ3n) is 3.53. The number of aryl methyl sites for hydroxylation is 2. The quantitative estimate of drug-likeness (QED) is 0.720. The molecule has 3 nitrogen and oxygen atoms in total. The van der Waals surface area contributed by atoms with E-state index < -0.39 is 0 Å². The Morgan fingerprint density at radius 2 is 2.11 bits per heavy atom. The fourth-order valence-corrected chi connectivity index (χ4v) is 4.13. The van der Waals surface area contributed by atoms with E-state index >= 15 is 0 Å². The topological polar surface area (TPSA) is 41.6 Å². The number of hydrogen-bond donors (Lipinski definition) is 1. The van der Waals surface area contributed by atoms with Gasteiger partial charge < -0.3 is 4.98 Å². The van der Waals surface area contributed by atoms with Gasteiger partial charge in [-0.15, -0.1) is 11.3 Å². The average molecular weight is 334 g/mol. The Morgan fingerprint density at radius 1 is 1.21 bits per heavy atom. The van der Waals surface area contributed by atoms with Crippen LogP contribution in [0.15, 0.2) is 22.8 Å². The number of nitrogens with one attached hydrogen (secondary N) is 1. The van der Waals surface area contributed by atoms with Crippen molar-refractivity contribution in [1.82, 2.24) is 15.0 Å². The molecule has 4 rings (SSSR count). The minimum absolute atomic E-state index is 0.782. The minimum atomic E-state index is 0.782. The maximum Gasteiger partial charge on any atom is 0.178 e. The molecule has 0 unspecified atom stereocenters. The van der Waals surface area contributed by atoms with E-state index in [0.29, 0.717) is 0 Å². The summed E-state index contributed by atoms with van der Waals surface area (Å²) in [6.07, 6.45) is 6.87. The monoisotopic (exact) mass is 333 g/mol. The number of aromatic amines is 1. The Morgan fingerprint density at radius 3 is 3.00 bits per heavy atom. The molecule has 3 aromatic heterocycles. The first kappa shape index (κ1) is 11.6. The third-order valence-corrected chi connectivity index (χ3v) is 5.21. The summed E-state index contributed by atoms with van der Waals surface area (Å²) in [4.78, 5) is 15.1. The molecule has 0 fully saturated rings. The summed E-state index contributed by atoms with van der Waals surface area (Å²) < 4.78 is 0.973. The molecule has 0 amide bonds. The van der Waals surface area contributed by atoms with Crippen molar-refractivity contribution in [2.75, 3.05) is 0 Å². The molecule has 19 heavy (non-hydrogen) atoms. The van der Waals surface area contributed by atoms with E-state index in [4.69, 9.17) is 0 Å². The molecule has 5 heteroatoms. The normalized spacial score (nSPS) is 14.8. The van der Waals surface area contributed by atoms with Crippen molar-refractivity contribution in [2.24, 2.45) is 0 Å². The zero-order chi connectivity index (χ0) is 12.8. The van der Waals surface area contributed by atoms with E-state index in [1.807, 2.05) is 17.4 Å². The number of pyridine rings is 1. The molecule has 1 N–H and O–H groups in total. The van der Waals surface area contributed by atoms with E-state index in [1.165, 1.54) is 41.0 Å². The smallest absolute Gasteiger partial charge is 0.178 e. The van der Waals surface area contributed by atoms with Crippen molar-refractivity contribution in [2.45, 2.75) is 25.7 Å². The number of hydrogen-bond acceptors (Lipinski definition) is 3. The van der Waals surface area contributed by atoms with Gasteiger partial charge in [0.2, 0.25) is 0 Å². The lowest BCUT2D eigenvalue weighted by Gasteiger charge is -2.08. The van der Waals surface area contributed by atoms with Crippen LogP contribution in [0.4, 0.5) is 0 Å². The molecule has 1 aliphatic carbocycles. The lowest BCUT2D eigenvalue weighted by atomic mass is 9.99. The molecule has 0 aliphatic heterocycles. The summed E-state index contributed by atoms with van der Waals surface area (Å²) >= 11 is 5.31. The number of H-pyrrole nitrogens is 1. The highest BCUT2D eigenvalue weighted by Crippen LogP contribution is 2.35. The van der Waals surface area contributed by atoms with Crippen LogP contribution in [0, 0.1) is 0 Å². The first-order chi connectivity index (χ1) is 9.29. The molecule has 0 saturated heterocycles. The molecule has 0 saturated carbocycles. The molecule has 1 aliphatic rings. The fraction of sp³-hybridized carbons (Fsp3) is 0.286. The Labute approximate surface area is 123 Å². The molecule has 3 heterocycles. The van der Waals surface area contributed by atoms with Crippen LogP contribution in [0.5, 0.6) is 0 Å². The predicted octanol–water partition coefficient (Wildman–Crippen LogP) is 4.33. The highest BCUT2D eigenvalue weighted by Gasteiger charge is 2.16. The van der Waals surface area contributed by atoms with Gasteiger partial charge in [0.05, 0.1) is 10.4 Å². The highest BCUT2D eigenvalue weighted by atomic mass is 79.9. The summed E-state index contributed by atoms with van der Waals surface area (Å²) in [6.45, 7) is 0. The summed E-state index contributed by atoms with van der Waals surface area (Å²) in [5.74, 6) is 0.944. The maximum absolute atomic E-state index is 4.59. The lowest BCUT2D eigenvalue weighted by molar-refractivity contribution is 0.697. The van der Waals surface area contributed by atoms with E-state index in [2.05, 4.69) is 36.9 Å². The zero-order valence-electron chi connectivity index (χ0n) is 10.2. The van der Waals surface area contributed by atoms with Gasteiger partial charge in [-0.05, 0) is 59.3 Å². The largest absolute Gasteiger partial charge is 0.336 e. The second-order valence-electron chi connectivity index (χ2n) is 4.88. The summed E-state index contributed by atoms with van der Waals surface area (Å²) in [6, 6.07) is 4.32. The van der Waals surface area contributed by atoms with Gasteiger partial charge in [0, 0.05) is 15.5 Å². The van der Waals surface area contributed by atoms with Gasteiger partial charge in [0.15, 0.2) is 11.5 Å². The van der Waals surface area contributed by atoms with Gasteiger partial charge >= 0.3 is 0 Å². The van der Waals surface area contributed by atoms with Crippen LogP contribution in [0.3, 0.4) is 0 Å². The third kappa shape index (κ3) is 2.01. The number of halogens is 1. The first-order valence-corrected chi connectivity index (χ1v) is 8.04. The molecule has 0 spiro atoms. The van der Waals surface area contributed by atoms with Crippen molar-refractivity contribution in [1.29, 1.82) is 0 Å². The number of aromatic nitrogens is 3. The van der Waals surface area contributed by atoms with Crippen LogP contribution in [0.25, 0.3) is 21.9 Å². The van der Waals surface area contributed by atoms with Gasteiger partial charge in [-0.3, -0.25) is 0 Å². The first-order valence-electron chi connectivity index (χ1n) is 6.43. The van der Waals surface area contributed by atoms with E-state index in [-0.39, 0.29) is 0 Å². The molecule has 0 bridgehead atoms. The molecule has 0 radical (unpaired) electrons. The predicted molar refractivity (Wildman–Crippen MR) is 81.5 cm³/mol. The zero-order valence-corrected chi connectivity index (χ0v) is 12.6. The average Bonchev–Trinajstić information content (AvgIpc) is 3.00. The summed E-state index contributed by atoms with van der Waals surface area (Å²) in [5.41, 5.74) is 3.28.